The lowest BCUT2D eigenvalue weighted by atomic mass is 9.85. The minimum Gasteiger partial charge on any atom is -0.504 e. The molecule has 0 atom stereocenters. The van der Waals surface area contributed by atoms with Gasteiger partial charge in [0.25, 0.3) is 0 Å². The number of para-hydroxylation sites is 2. The number of rotatable bonds is 3. The second kappa shape index (κ2) is 10.8. The van der Waals surface area contributed by atoms with Crippen LogP contribution >= 0.6 is 0 Å². The van der Waals surface area contributed by atoms with Crippen molar-refractivity contribution >= 4 is 65.0 Å². The van der Waals surface area contributed by atoms with Crippen molar-refractivity contribution in [3.63, 3.8) is 0 Å². The number of aromatic hydroxyl groups is 10. The van der Waals surface area contributed by atoms with E-state index in [9.17, 15) is 51.1 Å². The topological polar surface area (TPSA) is 215 Å². The quantitative estimate of drug-likeness (QED) is 0.0469. The molecule has 0 aliphatic carbocycles. The minimum absolute atomic E-state index is 0.236. The fourth-order valence-corrected chi connectivity index (χ4v) is 8.21. The summed E-state index contributed by atoms with van der Waals surface area (Å²) in [7, 11) is 0. The standard InChI is InChI=1S/C44H26O11/c45-27-16-26(31-34(35(27)46)41(52)43(54)42(53)36(31)47)33-39(50)37(48)32(38(49)40(33)51)23-13-11-18-9-8-17-10-12-19(21-14-15-22(23)30(18)29(17)21)24-5-3-6-25-20-4-1-2-7-28(20)55-44(24)25/h1-16,45-54H. The van der Waals surface area contributed by atoms with E-state index in [0.717, 1.165) is 66.1 Å². The molecule has 0 amide bonds. The average Bonchev–Trinajstić information content (AvgIpc) is 3.58. The highest BCUT2D eigenvalue weighted by molar-refractivity contribution is 6.29. The highest BCUT2D eigenvalue weighted by Crippen LogP contribution is 2.61. The molecule has 0 saturated carbocycles. The zero-order valence-electron chi connectivity index (χ0n) is 28.1. The lowest BCUT2D eigenvalue weighted by Gasteiger charge is -2.21. The maximum absolute atomic E-state index is 11.6. The maximum Gasteiger partial charge on any atom is 0.205 e. The molecule has 1 heterocycles. The van der Waals surface area contributed by atoms with E-state index in [-0.39, 0.29) is 11.1 Å². The predicted octanol–water partition coefficient (Wildman–Crippen LogP) is 9.69. The molecule has 1 aromatic heterocycles. The zero-order chi connectivity index (χ0) is 38.2. The summed E-state index contributed by atoms with van der Waals surface area (Å²) in [5, 5.41) is 115. The van der Waals surface area contributed by atoms with Gasteiger partial charge in [0.1, 0.15) is 11.2 Å². The molecule has 268 valence electrons. The number of fused-ring (bicyclic) bond motifs is 4. The van der Waals surface area contributed by atoms with Crippen LogP contribution in [0.4, 0.5) is 0 Å². The Labute approximate surface area is 307 Å². The minimum atomic E-state index is -1.22. The number of hydrogen-bond donors (Lipinski definition) is 10. The first-order valence-electron chi connectivity index (χ1n) is 16.9. The molecular formula is C44H26O11. The summed E-state index contributed by atoms with van der Waals surface area (Å²) < 4.78 is 6.38. The molecule has 0 aliphatic heterocycles. The van der Waals surface area contributed by atoms with Crippen molar-refractivity contribution < 1.29 is 55.5 Å². The van der Waals surface area contributed by atoms with Crippen LogP contribution < -0.4 is 0 Å². The van der Waals surface area contributed by atoms with Gasteiger partial charge >= 0.3 is 0 Å². The van der Waals surface area contributed by atoms with Gasteiger partial charge in [-0.25, -0.2) is 0 Å². The van der Waals surface area contributed by atoms with Gasteiger partial charge in [0.2, 0.25) is 11.5 Å². The predicted molar refractivity (Wildman–Crippen MR) is 208 cm³/mol. The summed E-state index contributed by atoms with van der Waals surface area (Å²) in [5.74, 6) is -10.5. The molecule has 0 fully saturated rings. The third kappa shape index (κ3) is 4.03. The molecule has 11 heteroatoms. The van der Waals surface area contributed by atoms with Crippen LogP contribution in [0.15, 0.2) is 101 Å². The van der Waals surface area contributed by atoms with Crippen LogP contribution in [0.5, 0.6) is 57.5 Å². The summed E-state index contributed by atoms with van der Waals surface area (Å²) in [6.07, 6.45) is 0. The normalized spacial score (nSPS) is 12.0. The first-order valence-corrected chi connectivity index (χ1v) is 16.9. The van der Waals surface area contributed by atoms with Gasteiger partial charge < -0.3 is 55.5 Å². The Bertz CT molecular complexity index is 3300. The van der Waals surface area contributed by atoms with E-state index in [1.165, 1.54) is 0 Å². The number of phenols is 10. The Balaban J connectivity index is 1.23. The van der Waals surface area contributed by atoms with Gasteiger partial charge in [0.15, 0.2) is 46.0 Å². The summed E-state index contributed by atoms with van der Waals surface area (Å²) in [5.41, 5.74) is 1.94. The van der Waals surface area contributed by atoms with Crippen molar-refractivity contribution in [1.82, 2.24) is 0 Å². The van der Waals surface area contributed by atoms with E-state index in [2.05, 4.69) is 0 Å². The molecule has 0 bridgehead atoms. The smallest absolute Gasteiger partial charge is 0.205 e. The van der Waals surface area contributed by atoms with Crippen LogP contribution in [-0.2, 0) is 0 Å². The lowest BCUT2D eigenvalue weighted by molar-refractivity contribution is 0.349. The summed E-state index contributed by atoms with van der Waals surface area (Å²) >= 11 is 0. The molecule has 55 heavy (non-hydrogen) atoms. The van der Waals surface area contributed by atoms with Crippen LogP contribution in [0, 0.1) is 0 Å². The van der Waals surface area contributed by atoms with Gasteiger partial charge in [-0.1, -0.05) is 84.9 Å². The molecule has 0 radical (unpaired) electrons. The van der Waals surface area contributed by atoms with Gasteiger partial charge in [-0.2, -0.15) is 0 Å². The van der Waals surface area contributed by atoms with Crippen molar-refractivity contribution in [1.29, 1.82) is 0 Å². The first kappa shape index (κ1) is 31.8. The molecule has 0 saturated heterocycles. The molecule has 0 unspecified atom stereocenters. The van der Waals surface area contributed by atoms with E-state index in [1.807, 2.05) is 78.9 Å². The van der Waals surface area contributed by atoms with Crippen molar-refractivity contribution in [2.45, 2.75) is 0 Å². The van der Waals surface area contributed by atoms with Crippen LogP contribution in [-0.4, -0.2) is 51.1 Å². The van der Waals surface area contributed by atoms with Gasteiger partial charge in [0.05, 0.1) is 16.5 Å². The molecule has 9 aromatic carbocycles. The third-order valence-electron chi connectivity index (χ3n) is 10.7. The number of phenolic OH excluding ortho intramolecular Hbond substituents is 10. The first-order chi connectivity index (χ1) is 26.5. The molecule has 10 N–H and O–H groups in total. The maximum atomic E-state index is 11.6. The van der Waals surface area contributed by atoms with Crippen molar-refractivity contribution in [2.75, 3.05) is 0 Å². The van der Waals surface area contributed by atoms with Crippen LogP contribution in [0.2, 0.25) is 0 Å². The molecule has 11 nitrogen and oxygen atoms in total. The fraction of sp³-hybridized carbons (Fsp3) is 0. The largest absolute Gasteiger partial charge is 0.504 e. The monoisotopic (exact) mass is 730 g/mol. The number of hydrogen-bond acceptors (Lipinski definition) is 11. The molecule has 10 rings (SSSR count). The van der Waals surface area contributed by atoms with Crippen molar-refractivity contribution in [2.24, 2.45) is 0 Å². The molecule has 0 aliphatic rings. The number of furan rings is 1. The molecule has 0 spiro atoms. The molecular weight excluding hydrogens is 704 g/mol. The lowest BCUT2D eigenvalue weighted by Crippen LogP contribution is -1.93. The highest BCUT2D eigenvalue weighted by Gasteiger charge is 2.32. The zero-order valence-corrected chi connectivity index (χ0v) is 28.1. The second-order valence-electron chi connectivity index (χ2n) is 13.5. The van der Waals surface area contributed by atoms with Crippen LogP contribution in [0.25, 0.3) is 98.4 Å². The van der Waals surface area contributed by atoms with E-state index >= 15 is 0 Å². The van der Waals surface area contributed by atoms with Gasteiger partial charge in [0, 0.05) is 27.3 Å². The van der Waals surface area contributed by atoms with Crippen molar-refractivity contribution in [3.05, 3.63) is 97.1 Å². The number of benzene rings is 9. The van der Waals surface area contributed by atoms with Crippen molar-refractivity contribution in [3.8, 4) is 90.9 Å². The summed E-state index contributed by atoms with van der Waals surface area (Å²) in [6, 6.07) is 29.8. The Morgan fingerprint density at radius 2 is 0.855 bits per heavy atom. The fourth-order valence-electron chi connectivity index (χ4n) is 8.21. The summed E-state index contributed by atoms with van der Waals surface area (Å²) in [4.78, 5) is 0. The van der Waals surface area contributed by atoms with Gasteiger partial charge in [-0.3, -0.25) is 0 Å². The Kier molecular flexibility index (Phi) is 6.25. The highest BCUT2D eigenvalue weighted by atomic mass is 16.4. The molecule has 10 aromatic rings. The Hall–Kier alpha value is -7.92. The Morgan fingerprint density at radius 3 is 1.51 bits per heavy atom. The second-order valence-corrected chi connectivity index (χ2v) is 13.5. The van der Waals surface area contributed by atoms with Crippen LogP contribution in [0.1, 0.15) is 0 Å². The summed E-state index contributed by atoms with van der Waals surface area (Å²) in [6.45, 7) is 0. The van der Waals surface area contributed by atoms with Gasteiger partial charge in [-0.05, 0) is 55.6 Å². The SMILES string of the molecule is Oc1cc(-c2c(O)c(O)c(-c3ccc4ccc5ccc(-c6cccc7c6oc6ccccc67)c6ccc3c4c56)c(O)c2O)c2c(O)c(O)c(O)c(O)c2c1O. The van der Waals surface area contributed by atoms with E-state index in [0.29, 0.717) is 5.39 Å². The van der Waals surface area contributed by atoms with Gasteiger partial charge in [-0.15, -0.1) is 0 Å². The van der Waals surface area contributed by atoms with E-state index < -0.39 is 79.4 Å². The third-order valence-corrected chi connectivity index (χ3v) is 10.7. The van der Waals surface area contributed by atoms with Crippen LogP contribution in [0.3, 0.4) is 0 Å². The van der Waals surface area contributed by atoms with E-state index in [1.54, 1.807) is 12.1 Å². The Morgan fingerprint density at radius 1 is 0.327 bits per heavy atom. The average molecular weight is 731 g/mol. The van der Waals surface area contributed by atoms with E-state index in [4.69, 9.17) is 4.42 Å².